The third-order valence-corrected chi connectivity index (χ3v) is 3.29. The maximum absolute atomic E-state index is 3.43. The van der Waals surface area contributed by atoms with Crippen LogP contribution in [0, 0.1) is 6.08 Å². The highest BCUT2D eigenvalue weighted by molar-refractivity contribution is 5.60. The molecule has 18 heavy (non-hydrogen) atoms. The molecule has 0 amide bonds. The molecule has 0 spiro atoms. The van der Waals surface area contributed by atoms with Crippen molar-refractivity contribution >= 4 is 12.2 Å². The van der Waals surface area contributed by atoms with E-state index in [1.165, 1.54) is 16.7 Å². The monoisotopic (exact) mass is 231 g/mol. The van der Waals surface area contributed by atoms with Crippen LogP contribution in [0.25, 0.3) is 12.2 Å². The Balaban J connectivity index is 1.69. The molecule has 0 saturated heterocycles. The topological polar surface area (TPSA) is 0 Å². The van der Waals surface area contributed by atoms with Crippen molar-refractivity contribution in [3.8, 4) is 0 Å². The molecule has 2 aromatic carbocycles. The van der Waals surface area contributed by atoms with E-state index < -0.39 is 0 Å². The minimum absolute atomic E-state index is 0.418. The van der Waals surface area contributed by atoms with Gasteiger partial charge in [-0.2, -0.15) is 0 Å². The molecule has 1 aliphatic rings. The molecular weight excluding hydrogens is 216 g/mol. The number of fused-ring (bicyclic) bond motifs is 1. The van der Waals surface area contributed by atoms with E-state index in [4.69, 9.17) is 0 Å². The number of hydrogen-bond donors (Lipinski definition) is 0. The van der Waals surface area contributed by atoms with Gasteiger partial charge in [0.2, 0.25) is 0 Å². The predicted octanol–water partition coefficient (Wildman–Crippen LogP) is 4.70. The van der Waals surface area contributed by atoms with E-state index >= 15 is 0 Å². The molecular formula is C18H15. The van der Waals surface area contributed by atoms with Crippen molar-refractivity contribution in [1.82, 2.24) is 0 Å². The lowest BCUT2D eigenvalue weighted by Gasteiger charge is -2.07. The third-order valence-electron chi connectivity index (χ3n) is 3.29. The molecule has 0 aromatic heterocycles. The number of hydrogen-bond acceptors (Lipinski definition) is 0. The van der Waals surface area contributed by atoms with Crippen molar-refractivity contribution in [3.05, 3.63) is 83.4 Å². The molecule has 0 fully saturated rings. The molecule has 0 aliphatic heterocycles. The van der Waals surface area contributed by atoms with Crippen molar-refractivity contribution in [1.29, 1.82) is 0 Å². The molecule has 2 aromatic rings. The van der Waals surface area contributed by atoms with Gasteiger partial charge in [-0.15, -0.1) is 0 Å². The highest BCUT2D eigenvalue weighted by Gasteiger charge is 2.15. The molecule has 0 heterocycles. The lowest BCUT2D eigenvalue weighted by molar-refractivity contribution is 0.862. The van der Waals surface area contributed by atoms with Crippen LogP contribution in [0.4, 0.5) is 0 Å². The van der Waals surface area contributed by atoms with Crippen LogP contribution in [-0.4, -0.2) is 0 Å². The van der Waals surface area contributed by atoms with Gasteiger partial charge < -0.3 is 0 Å². The van der Waals surface area contributed by atoms with Crippen molar-refractivity contribution in [2.24, 2.45) is 0 Å². The summed E-state index contributed by atoms with van der Waals surface area (Å²) in [4.78, 5) is 0. The number of benzene rings is 2. The number of allylic oxidation sites excluding steroid dienone is 2. The second kappa shape index (κ2) is 5.05. The highest BCUT2D eigenvalue weighted by atomic mass is 14.2. The van der Waals surface area contributed by atoms with Gasteiger partial charge >= 0.3 is 0 Å². The molecule has 0 nitrogen and oxygen atoms in total. The summed E-state index contributed by atoms with van der Waals surface area (Å²) in [6.07, 6.45) is 11.0. The van der Waals surface area contributed by atoms with Gasteiger partial charge in [0.15, 0.2) is 0 Å². The first-order valence-electron chi connectivity index (χ1n) is 6.33. The summed E-state index contributed by atoms with van der Waals surface area (Å²) in [6.45, 7) is 0. The normalized spacial score (nSPS) is 17.2. The van der Waals surface area contributed by atoms with Crippen LogP contribution < -0.4 is 0 Å². The predicted molar refractivity (Wildman–Crippen MR) is 77.0 cm³/mol. The zero-order valence-corrected chi connectivity index (χ0v) is 10.2. The fourth-order valence-electron chi connectivity index (χ4n) is 2.34. The van der Waals surface area contributed by atoms with Crippen LogP contribution in [-0.2, 0) is 0 Å². The standard InChI is InChI=1S/C18H15/c1-2-7-15(8-3-1)9-6-11-17-14-13-16-10-4-5-12-18(16)17/h1-10,12-13,17H,11H2. The van der Waals surface area contributed by atoms with Crippen LogP contribution in [0.2, 0.25) is 0 Å². The van der Waals surface area contributed by atoms with E-state index in [0.29, 0.717) is 5.92 Å². The van der Waals surface area contributed by atoms with Crippen LogP contribution in [0.3, 0.4) is 0 Å². The third kappa shape index (κ3) is 2.28. The Bertz CT molecular complexity index is 576. The van der Waals surface area contributed by atoms with Crippen molar-refractivity contribution < 1.29 is 0 Å². The van der Waals surface area contributed by atoms with Crippen molar-refractivity contribution in [2.75, 3.05) is 0 Å². The van der Waals surface area contributed by atoms with Gasteiger partial charge in [0.1, 0.15) is 0 Å². The van der Waals surface area contributed by atoms with Gasteiger partial charge in [0, 0.05) is 5.92 Å². The molecule has 1 unspecified atom stereocenters. The summed E-state index contributed by atoms with van der Waals surface area (Å²) in [5, 5.41) is 0. The first kappa shape index (κ1) is 11.0. The maximum atomic E-state index is 3.43. The van der Waals surface area contributed by atoms with Crippen LogP contribution >= 0.6 is 0 Å². The molecule has 0 heteroatoms. The lowest BCUT2D eigenvalue weighted by atomic mass is 9.97. The second-order valence-electron chi connectivity index (χ2n) is 4.54. The molecule has 1 radical (unpaired) electrons. The average Bonchev–Trinajstić information content (AvgIpc) is 2.84. The Morgan fingerprint density at radius 2 is 1.72 bits per heavy atom. The Morgan fingerprint density at radius 3 is 2.61 bits per heavy atom. The smallest absolute Gasteiger partial charge is 0.0133 e. The molecule has 1 atom stereocenters. The Kier molecular flexibility index (Phi) is 3.10. The second-order valence-corrected chi connectivity index (χ2v) is 4.54. The Hall–Kier alpha value is -2.08. The number of rotatable bonds is 3. The van der Waals surface area contributed by atoms with Crippen molar-refractivity contribution in [2.45, 2.75) is 12.3 Å². The lowest BCUT2D eigenvalue weighted by Crippen LogP contribution is -1.91. The van der Waals surface area contributed by atoms with E-state index in [-0.39, 0.29) is 0 Å². The SMILES string of the molecule is [C]1=Cc2ccccc2C1CC=Cc1ccccc1. The molecule has 1 aliphatic carbocycles. The first-order valence-corrected chi connectivity index (χ1v) is 6.33. The van der Waals surface area contributed by atoms with E-state index in [9.17, 15) is 0 Å². The quantitative estimate of drug-likeness (QED) is 0.718. The maximum Gasteiger partial charge on any atom is 0.0133 e. The first-order chi connectivity index (χ1) is 8.93. The summed E-state index contributed by atoms with van der Waals surface area (Å²) in [6, 6.07) is 19.0. The minimum Gasteiger partial charge on any atom is -0.0830 e. The summed E-state index contributed by atoms with van der Waals surface area (Å²) in [5.74, 6) is 0.418. The van der Waals surface area contributed by atoms with Gasteiger partial charge in [0.05, 0.1) is 0 Å². The fraction of sp³-hybridized carbons (Fsp3) is 0.111. The zero-order chi connectivity index (χ0) is 12.2. The van der Waals surface area contributed by atoms with Gasteiger partial charge in [-0.1, -0.05) is 72.8 Å². The molecule has 0 N–H and O–H groups in total. The van der Waals surface area contributed by atoms with Crippen LogP contribution in [0.15, 0.2) is 60.7 Å². The fourth-order valence-corrected chi connectivity index (χ4v) is 2.34. The van der Waals surface area contributed by atoms with Gasteiger partial charge in [-0.05, 0) is 29.2 Å². The molecule has 0 saturated carbocycles. The minimum atomic E-state index is 0.418. The zero-order valence-electron chi connectivity index (χ0n) is 10.2. The van der Waals surface area contributed by atoms with Crippen molar-refractivity contribution in [3.63, 3.8) is 0 Å². The summed E-state index contributed by atoms with van der Waals surface area (Å²) in [7, 11) is 0. The Labute approximate surface area is 108 Å². The summed E-state index contributed by atoms with van der Waals surface area (Å²) < 4.78 is 0. The van der Waals surface area contributed by atoms with E-state index in [1.54, 1.807) is 0 Å². The van der Waals surface area contributed by atoms with Gasteiger partial charge in [-0.25, -0.2) is 0 Å². The highest BCUT2D eigenvalue weighted by Crippen LogP contribution is 2.31. The Morgan fingerprint density at radius 1 is 0.944 bits per heavy atom. The largest absolute Gasteiger partial charge is 0.0830 e. The van der Waals surface area contributed by atoms with Crippen LogP contribution in [0.1, 0.15) is 29.0 Å². The summed E-state index contributed by atoms with van der Waals surface area (Å²) in [5.41, 5.74) is 3.97. The van der Waals surface area contributed by atoms with E-state index in [2.05, 4.69) is 72.8 Å². The van der Waals surface area contributed by atoms with E-state index in [1.807, 2.05) is 6.07 Å². The van der Waals surface area contributed by atoms with E-state index in [0.717, 1.165) is 6.42 Å². The molecule has 87 valence electrons. The van der Waals surface area contributed by atoms with Gasteiger partial charge in [-0.3, -0.25) is 0 Å². The summed E-state index contributed by atoms with van der Waals surface area (Å²) >= 11 is 0. The molecule has 3 rings (SSSR count). The average molecular weight is 231 g/mol. The molecule has 0 bridgehead atoms. The van der Waals surface area contributed by atoms with Gasteiger partial charge in [0.25, 0.3) is 0 Å². The van der Waals surface area contributed by atoms with Crippen LogP contribution in [0.5, 0.6) is 0 Å².